The molecule has 3 aromatic rings. The van der Waals surface area contributed by atoms with Crippen LogP contribution in [0.15, 0.2) is 72.3 Å². The standard InChI is InChI=1S/C25H24N2O4/c1-15(2)31-24(28)21-22(17-11-13-18(30-3)14-12-17)26-25(29)27-23(21)20-10-6-8-16-7-4-5-9-19(16)20/h4-15,23H,1-3H3,(H2,26,27,29). The van der Waals surface area contributed by atoms with Crippen LogP contribution in [0.3, 0.4) is 0 Å². The summed E-state index contributed by atoms with van der Waals surface area (Å²) >= 11 is 0. The molecule has 6 heteroatoms. The van der Waals surface area contributed by atoms with Gasteiger partial charge in [0.05, 0.1) is 30.5 Å². The zero-order chi connectivity index (χ0) is 22.0. The summed E-state index contributed by atoms with van der Waals surface area (Å²) in [5.74, 6) is 0.202. The van der Waals surface area contributed by atoms with Gasteiger partial charge in [0.1, 0.15) is 5.75 Å². The first kappa shape index (κ1) is 20.5. The number of hydrogen-bond acceptors (Lipinski definition) is 4. The van der Waals surface area contributed by atoms with Gasteiger partial charge in [-0.2, -0.15) is 0 Å². The van der Waals surface area contributed by atoms with Crippen molar-refractivity contribution in [3.05, 3.63) is 83.4 Å². The number of hydrogen-bond donors (Lipinski definition) is 2. The van der Waals surface area contributed by atoms with Crippen molar-refractivity contribution in [2.45, 2.75) is 26.0 Å². The van der Waals surface area contributed by atoms with Gasteiger partial charge in [-0.05, 0) is 60.0 Å². The monoisotopic (exact) mass is 416 g/mol. The maximum absolute atomic E-state index is 13.2. The van der Waals surface area contributed by atoms with Crippen LogP contribution in [-0.2, 0) is 9.53 Å². The second-order valence-electron chi connectivity index (χ2n) is 7.57. The molecule has 0 saturated carbocycles. The van der Waals surface area contributed by atoms with Gasteiger partial charge >= 0.3 is 12.0 Å². The lowest BCUT2D eigenvalue weighted by molar-refractivity contribution is -0.143. The van der Waals surface area contributed by atoms with Crippen molar-refractivity contribution in [3.63, 3.8) is 0 Å². The first-order valence-corrected chi connectivity index (χ1v) is 10.1. The average Bonchev–Trinajstić information content (AvgIpc) is 2.77. The van der Waals surface area contributed by atoms with E-state index in [4.69, 9.17) is 9.47 Å². The number of urea groups is 1. The van der Waals surface area contributed by atoms with Crippen molar-refractivity contribution in [1.29, 1.82) is 0 Å². The second-order valence-corrected chi connectivity index (χ2v) is 7.57. The van der Waals surface area contributed by atoms with Gasteiger partial charge in [0.15, 0.2) is 0 Å². The maximum atomic E-state index is 13.2. The van der Waals surface area contributed by atoms with Crippen LogP contribution in [0.1, 0.15) is 31.0 Å². The number of carbonyl (C=O) groups is 2. The minimum atomic E-state index is -0.664. The van der Waals surface area contributed by atoms with Gasteiger partial charge in [0.25, 0.3) is 0 Å². The highest BCUT2D eigenvalue weighted by molar-refractivity contribution is 6.05. The van der Waals surface area contributed by atoms with Gasteiger partial charge in [0, 0.05) is 0 Å². The van der Waals surface area contributed by atoms with E-state index < -0.39 is 12.0 Å². The van der Waals surface area contributed by atoms with Gasteiger partial charge in [-0.1, -0.05) is 42.5 Å². The van der Waals surface area contributed by atoms with E-state index in [1.54, 1.807) is 33.1 Å². The average molecular weight is 416 g/mol. The smallest absolute Gasteiger partial charge is 0.338 e. The van der Waals surface area contributed by atoms with Crippen LogP contribution in [0, 0.1) is 0 Å². The molecule has 4 rings (SSSR count). The molecular formula is C25H24N2O4. The molecular weight excluding hydrogens is 392 g/mol. The maximum Gasteiger partial charge on any atom is 0.338 e. The Hall–Kier alpha value is -3.80. The van der Waals surface area contributed by atoms with Crippen LogP contribution in [0.25, 0.3) is 16.5 Å². The summed E-state index contributed by atoms with van der Waals surface area (Å²) in [6.07, 6.45) is -0.303. The Morgan fingerprint density at radius 2 is 1.68 bits per heavy atom. The number of methoxy groups -OCH3 is 1. The number of rotatable bonds is 5. The molecule has 0 aliphatic carbocycles. The molecule has 3 aromatic carbocycles. The fourth-order valence-electron chi connectivity index (χ4n) is 3.78. The van der Waals surface area contributed by atoms with Gasteiger partial charge in [-0.3, -0.25) is 0 Å². The predicted octanol–water partition coefficient (Wildman–Crippen LogP) is 4.57. The highest BCUT2D eigenvalue weighted by Crippen LogP contribution is 2.35. The van der Waals surface area contributed by atoms with Crippen molar-refractivity contribution in [3.8, 4) is 5.75 Å². The summed E-state index contributed by atoms with van der Waals surface area (Å²) in [7, 11) is 1.59. The highest BCUT2D eigenvalue weighted by atomic mass is 16.5. The van der Waals surface area contributed by atoms with E-state index in [1.807, 2.05) is 54.6 Å². The zero-order valence-corrected chi connectivity index (χ0v) is 17.6. The first-order valence-electron chi connectivity index (χ1n) is 10.1. The Labute approximate surface area is 180 Å². The Balaban J connectivity index is 1.93. The number of nitrogens with one attached hydrogen (secondary N) is 2. The molecule has 1 heterocycles. The molecule has 2 amide bonds. The molecule has 0 fully saturated rings. The zero-order valence-electron chi connectivity index (χ0n) is 17.6. The summed E-state index contributed by atoms with van der Waals surface area (Å²) in [6, 6.07) is 19.9. The molecule has 0 radical (unpaired) electrons. The summed E-state index contributed by atoms with van der Waals surface area (Å²) in [5.41, 5.74) is 2.30. The molecule has 0 bridgehead atoms. The summed E-state index contributed by atoms with van der Waals surface area (Å²) in [4.78, 5) is 25.9. The molecule has 1 aliphatic rings. The van der Waals surface area contributed by atoms with E-state index in [0.717, 1.165) is 16.3 Å². The molecule has 0 spiro atoms. The molecule has 1 unspecified atom stereocenters. The quantitative estimate of drug-likeness (QED) is 0.598. The van der Waals surface area contributed by atoms with Crippen LogP contribution in [0.2, 0.25) is 0 Å². The van der Waals surface area contributed by atoms with E-state index in [1.165, 1.54) is 0 Å². The number of benzene rings is 3. The van der Waals surface area contributed by atoms with E-state index in [-0.39, 0.29) is 12.1 Å². The number of esters is 1. The van der Waals surface area contributed by atoms with Crippen LogP contribution in [0.4, 0.5) is 4.79 Å². The molecule has 0 aromatic heterocycles. The Morgan fingerprint density at radius 1 is 0.968 bits per heavy atom. The molecule has 158 valence electrons. The van der Waals surface area contributed by atoms with Gasteiger partial charge < -0.3 is 20.1 Å². The van der Waals surface area contributed by atoms with Crippen LogP contribution in [0.5, 0.6) is 5.75 Å². The fourth-order valence-corrected chi connectivity index (χ4v) is 3.78. The van der Waals surface area contributed by atoms with Gasteiger partial charge in [-0.15, -0.1) is 0 Å². The van der Waals surface area contributed by atoms with Crippen LogP contribution in [-0.4, -0.2) is 25.2 Å². The number of amides is 2. The largest absolute Gasteiger partial charge is 0.497 e. The van der Waals surface area contributed by atoms with Crippen LogP contribution >= 0.6 is 0 Å². The van der Waals surface area contributed by atoms with E-state index >= 15 is 0 Å². The molecule has 0 saturated heterocycles. The van der Waals surface area contributed by atoms with Crippen molar-refractivity contribution in [2.75, 3.05) is 7.11 Å². The summed E-state index contributed by atoms with van der Waals surface area (Å²) < 4.78 is 10.8. The third-order valence-electron chi connectivity index (χ3n) is 5.15. The SMILES string of the molecule is COc1ccc(C2=C(C(=O)OC(C)C)C(c3cccc4ccccc34)NC(=O)N2)cc1. The molecule has 1 aliphatic heterocycles. The van der Waals surface area contributed by atoms with Gasteiger partial charge in [-0.25, -0.2) is 9.59 Å². The Morgan fingerprint density at radius 3 is 2.39 bits per heavy atom. The van der Waals surface area contributed by atoms with Crippen molar-refractivity contribution < 1.29 is 19.1 Å². The minimum Gasteiger partial charge on any atom is -0.497 e. The van der Waals surface area contributed by atoms with Crippen molar-refractivity contribution >= 4 is 28.5 Å². The third-order valence-corrected chi connectivity index (χ3v) is 5.15. The van der Waals surface area contributed by atoms with Crippen molar-refractivity contribution in [1.82, 2.24) is 10.6 Å². The van der Waals surface area contributed by atoms with Crippen molar-refractivity contribution in [2.24, 2.45) is 0 Å². The molecule has 31 heavy (non-hydrogen) atoms. The minimum absolute atomic E-state index is 0.303. The lowest BCUT2D eigenvalue weighted by atomic mass is 9.89. The number of ether oxygens (including phenoxy) is 2. The lowest BCUT2D eigenvalue weighted by Crippen LogP contribution is -2.45. The topological polar surface area (TPSA) is 76.7 Å². The van der Waals surface area contributed by atoms with E-state index in [0.29, 0.717) is 22.6 Å². The fraction of sp³-hybridized carbons (Fsp3) is 0.200. The Kier molecular flexibility index (Phi) is 5.62. The molecule has 2 N–H and O–H groups in total. The van der Waals surface area contributed by atoms with Crippen LogP contribution < -0.4 is 15.4 Å². The number of fused-ring (bicyclic) bond motifs is 1. The Bertz CT molecular complexity index is 1160. The third kappa shape index (κ3) is 4.10. The molecule has 1 atom stereocenters. The second kappa shape index (κ2) is 8.52. The summed E-state index contributed by atoms with van der Waals surface area (Å²) in [5, 5.41) is 7.71. The predicted molar refractivity (Wildman–Crippen MR) is 119 cm³/mol. The first-order chi connectivity index (χ1) is 15.0. The summed E-state index contributed by atoms with van der Waals surface area (Å²) in [6.45, 7) is 3.60. The molecule has 6 nitrogen and oxygen atoms in total. The normalized spacial score (nSPS) is 16.1. The van der Waals surface area contributed by atoms with E-state index in [2.05, 4.69) is 10.6 Å². The lowest BCUT2D eigenvalue weighted by Gasteiger charge is -2.30. The van der Waals surface area contributed by atoms with Gasteiger partial charge in [0.2, 0.25) is 0 Å². The number of carbonyl (C=O) groups excluding carboxylic acids is 2. The van der Waals surface area contributed by atoms with E-state index in [9.17, 15) is 9.59 Å². The highest BCUT2D eigenvalue weighted by Gasteiger charge is 2.35.